The lowest BCUT2D eigenvalue weighted by Crippen LogP contribution is -2.49. The predicted octanol–water partition coefficient (Wildman–Crippen LogP) is 1.92. The van der Waals surface area contributed by atoms with Crippen LogP contribution in [0.1, 0.15) is 18.4 Å². The average Bonchev–Trinajstić information content (AvgIpc) is 2.91. The molecule has 0 aromatic heterocycles. The Labute approximate surface area is 117 Å². The number of nitrogens with one attached hydrogen (secondary N) is 1. The van der Waals surface area contributed by atoms with Crippen LogP contribution in [-0.4, -0.2) is 43.3 Å². The summed E-state index contributed by atoms with van der Waals surface area (Å²) in [7, 11) is 0. The third-order valence-corrected chi connectivity index (χ3v) is 4.18. The zero-order valence-electron chi connectivity index (χ0n) is 11.4. The Morgan fingerprint density at radius 1 is 1.35 bits per heavy atom. The van der Waals surface area contributed by atoms with Crippen LogP contribution in [0.4, 0.5) is 8.78 Å². The van der Waals surface area contributed by atoms with Gasteiger partial charge in [0.25, 0.3) is 0 Å². The largest absolute Gasteiger partial charge is 0.374 e. The normalized spacial score (nSPS) is 26.7. The van der Waals surface area contributed by atoms with Gasteiger partial charge in [0.1, 0.15) is 0 Å². The Kier molecular flexibility index (Phi) is 4.29. The molecule has 3 rings (SSSR count). The van der Waals surface area contributed by atoms with Crippen LogP contribution < -0.4 is 5.32 Å². The van der Waals surface area contributed by atoms with Gasteiger partial charge in [-0.15, -0.1) is 0 Å². The molecule has 2 unspecified atom stereocenters. The molecule has 0 bridgehead atoms. The lowest BCUT2D eigenvalue weighted by Gasteiger charge is -2.35. The Hall–Kier alpha value is -1.04. The van der Waals surface area contributed by atoms with Crippen molar-refractivity contribution in [2.75, 3.05) is 26.2 Å². The molecule has 5 heteroatoms. The van der Waals surface area contributed by atoms with Crippen LogP contribution >= 0.6 is 0 Å². The molecule has 2 saturated heterocycles. The molecular weight excluding hydrogens is 262 g/mol. The molecule has 1 aromatic carbocycles. The molecule has 0 spiro atoms. The van der Waals surface area contributed by atoms with E-state index in [2.05, 4.69) is 10.2 Å². The molecule has 2 aliphatic heterocycles. The number of ether oxygens (including phenoxy) is 1. The fourth-order valence-electron chi connectivity index (χ4n) is 3.06. The maximum atomic E-state index is 13.5. The topological polar surface area (TPSA) is 24.5 Å². The number of morpholine rings is 1. The van der Waals surface area contributed by atoms with Crippen molar-refractivity contribution in [1.29, 1.82) is 0 Å². The maximum Gasteiger partial charge on any atom is 0.163 e. The Balaban J connectivity index is 1.47. The zero-order valence-corrected chi connectivity index (χ0v) is 11.4. The van der Waals surface area contributed by atoms with E-state index < -0.39 is 11.6 Å². The van der Waals surface area contributed by atoms with Gasteiger partial charge in [-0.05, 0) is 25.5 Å². The van der Waals surface area contributed by atoms with Crippen LogP contribution in [0.5, 0.6) is 0 Å². The minimum atomic E-state index is -0.793. The fraction of sp³-hybridized carbons (Fsp3) is 0.600. The molecule has 1 N–H and O–H groups in total. The van der Waals surface area contributed by atoms with E-state index in [9.17, 15) is 8.78 Å². The molecule has 0 amide bonds. The van der Waals surface area contributed by atoms with Gasteiger partial charge in [-0.3, -0.25) is 4.90 Å². The van der Waals surface area contributed by atoms with Gasteiger partial charge in [0.05, 0.1) is 12.7 Å². The van der Waals surface area contributed by atoms with Crippen LogP contribution in [0.15, 0.2) is 18.2 Å². The summed E-state index contributed by atoms with van der Waals surface area (Å²) in [6, 6.07) is 4.86. The number of rotatable bonds is 4. The second-order valence-corrected chi connectivity index (χ2v) is 5.59. The predicted molar refractivity (Wildman–Crippen MR) is 72.4 cm³/mol. The monoisotopic (exact) mass is 282 g/mol. The van der Waals surface area contributed by atoms with Crippen LogP contribution in [-0.2, 0) is 11.3 Å². The van der Waals surface area contributed by atoms with Gasteiger partial charge in [0.15, 0.2) is 11.6 Å². The van der Waals surface area contributed by atoms with Crippen LogP contribution in [0.3, 0.4) is 0 Å². The highest BCUT2D eigenvalue weighted by molar-refractivity contribution is 5.18. The van der Waals surface area contributed by atoms with E-state index in [1.54, 1.807) is 6.07 Å². The van der Waals surface area contributed by atoms with Gasteiger partial charge in [-0.2, -0.15) is 0 Å². The van der Waals surface area contributed by atoms with Gasteiger partial charge in [0, 0.05) is 31.2 Å². The summed E-state index contributed by atoms with van der Waals surface area (Å²) in [6.45, 7) is 3.87. The van der Waals surface area contributed by atoms with Gasteiger partial charge in [-0.25, -0.2) is 8.78 Å². The van der Waals surface area contributed by atoms with E-state index in [1.165, 1.54) is 18.9 Å². The Morgan fingerprint density at radius 2 is 2.25 bits per heavy atom. The number of halogens is 2. The van der Waals surface area contributed by atoms with Crippen molar-refractivity contribution in [3.05, 3.63) is 35.4 Å². The van der Waals surface area contributed by atoms with Crippen molar-refractivity contribution in [1.82, 2.24) is 10.2 Å². The smallest absolute Gasteiger partial charge is 0.163 e. The van der Waals surface area contributed by atoms with E-state index in [4.69, 9.17) is 4.74 Å². The Morgan fingerprint density at radius 3 is 3.15 bits per heavy atom. The van der Waals surface area contributed by atoms with Crippen molar-refractivity contribution in [3.8, 4) is 0 Å². The lowest BCUT2D eigenvalue weighted by molar-refractivity contribution is -0.0470. The number of hydrogen-bond donors (Lipinski definition) is 1. The summed E-state index contributed by atoms with van der Waals surface area (Å²) in [4.78, 5) is 2.47. The average molecular weight is 282 g/mol. The van der Waals surface area contributed by atoms with Crippen LogP contribution in [0, 0.1) is 11.6 Å². The summed E-state index contributed by atoms with van der Waals surface area (Å²) in [5.41, 5.74) is 0.361. The first kappa shape index (κ1) is 13.9. The standard InChI is InChI=1S/C15H20F2N2O/c16-14-5-1-3-11(15(14)17)7-18-8-13-9-19-6-2-4-12(19)10-20-13/h1,3,5,12-13,18H,2,4,6-10H2. The van der Waals surface area contributed by atoms with E-state index in [1.807, 2.05) is 0 Å². The minimum Gasteiger partial charge on any atom is -0.374 e. The number of nitrogens with zero attached hydrogens (tertiary/aromatic N) is 1. The second-order valence-electron chi connectivity index (χ2n) is 5.59. The van der Waals surface area contributed by atoms with E-state index in [0.717, 1.165) is 25.8 Å². The lowest BCUT2D eigenvalue weighted by atomic mass is 10.1. The third-order valence-electron chi connectivity index (χ3n) is 4.18. The van der Waals surface area contributed by atoms with Crippen LogP contribution in [0.25, 0.3) is 0 Å². The summed E-state index contributed by atoms with van der Waals surface area (Å²) >= 11 is 0. The molecule has 1 aromatic rings. The Bertz CT molecular complexity index is 469. The third kappa shape index (κ3) is 3.00. The van der Waals surface area contributed by atoms with Crippen LogP contribution in [0.2, 0.25) is 0 Å². The second kappa shape index (κ2) is 6.16. The van der Waals surface area contributed by atoms with Crippen molar-refractivity contribution in [2.24, 2.45) is 0 Å². The summed E-state index contributed by atoms with van der Waals surface area (Å²) in [5, 5.41) is 3.16. The molecule has 110 valence electrons. The van der Waals surface area contributed by atoms with Gasteiger partial charge in [0.2, 0.25) is 0 Å². The number of hydrogen-bond acceptors (Lipinski definition) is 3. The highest BCUT2D eigenvalue weighted by Crippen LogP contribution is 2.22. The van der Waals surface area contributed by atoms with Gasteiger partial charge in [-0.1, -0.05) is 12.1 Å². The minimum absolute atomic E-state index is 0.140. The molecule has 20 heavy (non-hydrogen) atoms. The molecule has 2 heterocycles. The molecule has 3 nitrogen and oxygen atoms in total. The zero-order chi connectivity index (χ0) is 13.9. The quantitative estimate of drug-likeness (QED) is 0.913. The van der Waals surface area contributed by atoms with E-state index in [0.29, 0.717) is 24.7 Å². The van der Waals surface area contributed by atoms with Gasteiger partial charge < -0.3 is 10.1 Å². The summed E-state index contributed by atoms with van der Waals surface area (Å²) < 4.78 is 32.4. The molecule has 2 aliphatic rings. The number of benzene rings is 1. The van der Waals surface area contributed by atoms with Crippen molar-refractivity contribution in [3.63, 3.8) is 0 Å². The molecule has 0 saturated carbocycles. The van der Waals surface area contributed by atoms with Gasteiger partial charge >= 0.3 is 0 Å². The first-order valence-electron chi connectivity index (χ1n) is 7.23. The van der Waals surface area contributed by atoms with Crippen molar-refractivity contribution in [2.45, 2.75) is 31.5 Å². The first-order valence-corrected chi connectivity index (χ1v) is 7.23. The van der Waals surface area contributed by atoms with E-state index in [-0.39, 0.29) is 6.10 Å². The maximum absolute atomic E-state index is 13.5. The summed E-state index contributed by atoms with van der Waals surface area (Å²) in [6.07, 6.45) is 2.62. The fourth-order valence-corrected chi connectivity index (χ4v) is 3.06. The molecular formula is C15H20F2N2O. The molecule has 2 fully saturated rings. The van der Waals surface area contributed by atoms with Crippen molar-refractivity contribution < 1.29 is 13.5 Å². The highest BCUT2D eigenvalue weighted by atomic mass is 19.2. The molecule has 2 atom stereocenters. The van der Waals surface area contributed by atoms with Crippen molar-refractivity contribution >= 4 is 0 Å². The number of fused-ring (bicyclic) bond motifs is 1. The van der Waals surface area contributed by atoms with E-state index >= 15 is 0 Å². The first-order chi connectivity index (χ1) is 9.74. The molecule has 0 radical (unpaired) electrons. The summed E-state index contributed by atoms with van der Waals surface area (Å²) in [5.74, 6) is -1.55. The highest BCUT2D eigenvalue weighted by Gasteiger charge is 2.31. The molecule has 0 aliphatic carbocycles. The SMILES string of the molecule is Fc1cccc(CNCC2CN3CCCC3CO2)c1F.